The quantitative estimate of drug-likeness (QED) is 0.288. The fraction of sp³-hybridized carbons (Fsp3) is 0.636. The Labute approximate surface area is 359 Å². The highest BCUT2D eigenvalue weighted by Crippen LogP contribution is 2.50. The van der Waals surface area contributed by atoms with Crippen LogP contribution in [0.2, 0.25) is 0 Å². The van der Waals surface area contributed by atoms with Crippen LogP contribution in [-0.2, 0) is 54.1 Å². The molecule has 2 amide bonds. The van der Waals surface area contributed by atoms with Gasteiger partial charge in [-0.25, -0.2) is 0 Å². The van der Waals surface area contributed by atoms with E-state index in [1.54, 1.807) is 0 Å². The van der Waals surface area contributed by atoms with Crippen molar-refractivity contribution in [1.82, 2.24) is 19.6 Å². The predicted octanol–water partition coefficient (Wildman–Crippen LogP) is 5.86. The fourth-order valence-electron chi connectivity index (χ4n) is 10.3. The third-order valence-electron chi connectivity index (χ3n) is 14.1. The van der Waals surface area contributed by atoms with Crippen LogP contribution in [0.5, 0.6) is 11.5 Å². The van der Waals surface area contributed by atoms with Crippen LogP contribution in [0.25, 0.3) is 0 Å². The molecule has 2 aliphatic carbocycles. The molecule has 0 radical (unpaired) electrons. The third kappa shape index (κ3) is 8.74. The monoisotopic (exact) mass is 892 g/mol. The first kappa shape index (κ1) is 43.8. The molecule has 9 rings (SSSR count). The number of alkyl halides is 6. The highest BCUT2D eigenvalue weighted by Gasteiger charge is 2.58. The normalized spacial score (nSPS) is 29.6. The van der Waals surface area contributed by atoms with Gasteiger partial charge < -0.3 is 29.0 Å². The second-order valence-corrected chi connectivity index (χ2v) is 18.1. The molecule has 5 atom stereocenters. The van der Waals surface area contributed by atoms with Crippen LogP contribution in [0.1, 0.15) is 86.5 Å². The molecule has 5 aliphatic heterocycles. The molecule has 0 spiro atoms. The summed E-state index contributed by atoms with van der Waals surface area (Å²) in [5, 5.41) is 9.66. The molecular formula is C44H50F6N4O9. The van der Waals surface area contributed by atoms with E-state index in [2.05, 4.69) is 4.90 Å². The highest BCUT2D eigenvalue weighted by molar-refractivity contribution is 5.90. The number of ketones is 1. The number of piperazine rings is 1. The van der Waals surface area contributed by atoms with Gasteiger partial charge in [-0.05, 0) is 93.2 Å². The van der Waals surface area contributed by atoms with Gasteiger partial charge in [0.05, 0.1) is 37.2 Å². The number of benzene rings is 2. The summed E-state index contributed by atoms with van der Waals surface area (Å²) in [6.45, 7) is 1.17. The number of carboxylic acids is 1. The summed E-state index contributed by atoms with van der Waals surface area (Å²) in [4.78, 5) is 60.3. The molecule has 13 nitrogen and oxygen atoms in total. The van der Waals surface area contributed by atoms with E-state index in [4.69, 9.17) is 18.9 Å². The Morgan fingerprint density at radius 3 is 2.03 bits per heavy atom. The Morgan fingerprint density at radius 2 is 1.44 bits per heavy atom. The Bertz CT molecular complexity index is 2110. The van der Waals surface area contributed by atoms with Gasteiger partial charge in [0.1, 0.15) is 23.7 Å². The molecule has 342 valence electrons. The van der Waals surface area contributed by atoms with Gasteiger partial charge in [0, 0.05) is 62.2 Å². The number of carbonyl (C=O) groups excluding carboxylic acids is 3. The van der Waals surface area contributed by atoms with Gasteiger partial charge in [-0.2, -0.15) is 26.3 Å². The number of carboxylic acid groups (broad SMARTS) is 1. The first-order chi connectivity index (χ1) is 29.9. The number of amides is 2. The van der Waals surface area contributed by atoms with Crippen molar-refractivity contribution in [2.45, 2.75) is 119 Å². The number of carbonyl (C=O) groups is 4. The molecule has 5 heterocycles. The highest BCUT2D eigenvalue weighted by atomic mass is 19.4. The standard InChI is InChI=1S/C44H50F6N4O9/c45-43(46,47)30-5-7-35-26(17-30)20-53(25-60-35)39(58)41(28-1-2-28)12-9-32(23-61-41)52-16-15-51(14-11-38(56)57)33(22-52)19-37-54(21-27-18-31(44(48,49)50)6-8-36(27)63-37)40(59)42(29-3-4-29)13-10-34(55)24-62-42/h5-8,17-18,28-29,32-33,37H,1-4,9-16,19-25H2,(H,56,57)/t32-,33+,37?,41+,42+/m1/s1. The lowest BCUT2D eigenvalue weighted by Crippen LogP contribution is -2.63. The van der Waals surface area contributed by atoms with Gasteiger partial charge in [-0.1, -0.05) is 0 Å². The van der Waals surface area contributed by atoms with Crippen LogP contribution < -0.4 is 9.47 Å². The Balaban J connectivity index is 0.936. The zero-order valence-electron chi connectivity index (χ0n) is 34.6. The summed E-state index contributed by atoms with van der Waals surface area (Å²) < 4.78 is 107. The van der Waals surface area contributed by atoms with Gasteiger partial charge >= 0.3 is 18.3 Å². The largest absolute Gasteiger partial charge is 0.481 e. The average molecular weight is 893 g/mol. The van der Waals surface area contributed by atoms with E-state index in [0.29, 0.717) is 51.1 Å². The molecule has 2 aromatic carbocycles. The summed E-state index contributed by atoms with van der Waals surface area (Å²) in [5.74, 6) is -1.60. The predicted molar refractivity (Wildman–Crippen MR) is 208 cm³/mol. The van der Waals surface area contributed by atoms with Crippen LogP contribution in [0.15, 0.2) is 36.4 Å². The second kappa shape index (κ2) is 16.5. The van der Waals surface area contributed by atoms with E-state index in [-0.39, 0.29) is 118 Å². The Kier molecular flexibility index (Phi) is 11.5. The van der Waals surface area contributed by atoms with Crippen molar-refractivity contribution < 1.29 is 69.6 Å². The average Bonchev–Trinajstić information content (AvgIpc) is 4.19. The lowest BCUT2D eigenvalue weighted by atomic mass is 9.85. The fourth-order valence-corrected chi connectivity index (χ4v) is 10.3. The molecule has 1 unspecified atom stereocenters. The minimum Gasteiger partial charge on any atom is -0.481 e. The van der Waals surface area contributed by atoms with Crippen LogP contribution in [0, 0.1) is 11.8 Å². The molecule has 3 saturated heterocycles. The number of nitrogens with zero attached hydrogens (tertiary/aromatic N) is 4. The lowest BCUT2D eigenvalue weighted by Gasteiger charge is -2.50. The van der Waals surface area contributed by atoms with Crippen molar-refractivity contribution in [1.29, 1.82) is 0 Å². The first-order valence-electron chi connectivity index (χ1n) is 21.7. The minimum absolute atomic E-state index is 0.0535. The zero-order chi connectivity index (χ0) is 44.5. The maximum atomic E-state index is 14.8. The number of fused-ring (bicyclic) bond motifs is 2. The lowest BCUT2D eigenvalue weighted by molar-refractivity contribution is -0.184. The molecule has 2 saturated carbocycles. The van der Waals surface area contributed by atoms with Crippen molar-refractivity contribution in [3.05, 3.63) is 58.7 Å². The third-order valence-corrected chi connectivity index (χ3v) is 14.1. The van der Waals surface area contributed by atoms with Gasteiger partial charge in [-0.3, -0.25) is 33.9 Å². The van der Waals surface area contributed by atoms with Gasteiger partial charge in [0.2, 0.25) is 0 Å². The van der Waals surface area contributed by atoms with E-state index in [0.717, 1.165) is 37.1 Å². The minimum atomic E-state index is -4.63. The molecule has 63 heavy (non-hydrogen) atoms. The second-order valence-electron chi connectivity index (χ2n) is 18.1. The maximum Gasteiger partial charge on any atom is 0.416 e. The number of halogens is 6. The van der Waals surface area contributed by atoms with E-state index in [1.165, 1.54) is 21.9 Å². The molecule has 19 heteroatoms. The van der Waals surface area contributed by atoms with Gasteiger partial charge in [0.25, 0.3) is 11.8 Å². The summed E-state index contributed by atoms with van der Waals surface area (Å²) in [6, 6.07) is 5.88. The summed E-state index contributed by atoms with van der Waals surface area (Å²) in [5.41, 5.74) is -3.76. The number of rotatable bonds is 10. The molecule has 1 N–H and O–H groups in total. The van der Waals surface area contributed by atoms with Crippen molar-refractivity contribution in [3.63, 3.8) is 0 Å². The van der Waals surface area contributed by atoms with E-state index >= 15 is 0 Å². The summed E-state index contributed by atoms with van der Waals surface area (Å²) in [7, 11) is 0. The molecule has 7 aliphatic rings. The summed E-state index contributed by atoms with van der Waals surface area (Å²) in [6.07, 6.45) is -5.98. The smallest absolute Gasteiger partial charge is 0.416 e. The van der Waals surface area contributed by atoms with Crippen LogP contribution in [-0.4, -0.2) is 124 Å². The number of ether oxygens (including phenoxy) is 4. The molecule has 0 bridgehead atoms. The maximum absolute atomic E-state index is 14.8. The number of hydrogen-bond donors (Lipinski definition) is 1. The van der Waals surface area contributed by atoms with E-state index in [1.807, 2.05) is 4.90 Å². The van der Waals surface area contributed by atoms with Crippen molar-refractivity contribution in [2.24, 2.45) is 11.8 Å². The number of Topliss-reactive ketones (excluding diaryl/α,β-unsaturated/α-hetero) is 1. The van der Waals surface area contributed by atoms with Crippen LogP contribution in [0.4, 0.5) is 26.3 Å². The Hall–Kier alpha value is -4.46. The Morgan fingerprint density at radius 1 is 0.794 bits per heavy atom. The van der Waals surface area contributed by atoms with Gasteiger partial charge in [-0.15, -0.1) is 0 Å². The SMILES string of the molecule is O=C(O)CCN1CCN([C@@H]2CC[C@@](C(=O)N3COc4ccc(C(F)(F)F)cc4C3)(C3CC3)OC2)C[C@@H]1CC1Oc2ccc(C(F)(F)F)cc2CN1C(=O)[C@@]1(C2CC2)CCC(=O)CO1. The molecule has 0 aromatic heterocycles. The number of aliphatic carboxylic acids is 1. The van der Waals surface area contributed by atoms with Crippen molar-refractivity contribution in [3.8, 4) is 11.5 Å². The van der Waals surface area contributed by atoms with Crippen LogP contribution in [0.3, 0.4) is 0 Å². The van der Waals surface area contributed by atoms with E-state index < -0.39 is 52.8 Å². The van der Waals surface area contributed by atoms with E-state index in [9.17, 15) is 50.6 Å². The molecule has 2 aromatic rings. The molecular weight excluding hydrogens is 842 g/mol. The van der Waals surface area contributed by atoms with Crippen molar-refractivity contribution >= 4 is 23.6 Å². The van der Waals surface area contributed by atoms with Crippen LogP contribution >= 0.6 is 0 Å². The topological polar surface area (TPSA) is 138 Å². The first-order valence-corrected chi connectivity index (χ1v) is 21.7. The van der Waals surface area contributed by atoms with Gasteiger partial charge in [0.15, 0.2) is 24.3 Å². The zero-order valence-corrected chi connectivity index (χ0v) is 34.6. The summed E-state index contributed by atoms with van der Waals surface area (Å²) >= 11 is 0. The molecule has 5 fully saturated rings. The van der Waals surface area contributed by atoms with Crippen molar-refractivity contribution in [2.75, 3.05) is 46.1 Å². The number of hydrogen-bond acceptors (Lipinski definition) is 10.